The van der Waals surface area contributed by atoms with Gasteiger partial charge in [-0.3, -0.25) is 9.59 Å². The molecule has 0 saturated carbocycles. The van der Waals surface area contributed by atoms with Gasteiger partial charge in [0.05, 0.1) is 12.5 Å². The highest BCUT2D eigenvalue weighted by Crippen LogP contribution is 2.15. The fourth-order valence-electron chi connectivity index (χ4n) is 2.69. The normalized spacial score (nSPS) is 15.7. The Labute approximate surface area is 137 Å². The summed E-state index contributed by atoms with van der Waals surface area (Å²) in [7, 11) is 0. The minimum atomic E-state index is -0.271. The molecular formula is C18H26N2O3. The summed E-state index contributed by atoms with van der Waals surface area (Å²) in [4.78, 5) is 25.8. The standard InChI is InChI=1S/C18H26N2O3/c1-13(2)11-17(22)19-15-5-3-14(4-6-15)12-18(23)20-9-7-16(21)8-10-20/h3-6,13,16,21H,7-12H2,1-2H3,(H,19,22). The minimum absolute atomic E-state index is 0.00991. The van der Waals surface area contributed by atoms with Crippen LogP contribution >= 0.6 is 0 Å². The van der Waals surface area contributed by atoms with E-state index in [-0.39, 0.29) is 17.9 Å². The van der Waals surface area contributed by atoms with Crippen molar-refractivity contribution < 1.29 is 14.7 Å². The first-order chi connectivity index (χ1) is 10.9. The highest BCUT2D eigenvalue weighted by Gasteiger charge is 2.21. The number of benzene rings is 1. The molecule has 0 unspecified atom stereocenters. The summed E-state index contributed by atoms with van der Waals surface area (Å²) < 4.78 is 0. The van der Waals surface area contributed by atoms with Crippen molar-refractivity contribution in [2.75, 3.05) is 18.4 Å². The van der Waals surface area contributed by atoms with Crippen LogP contribution in [0, 0.1) is 5.92 Å². The van der Waals surface area contributed by atoms with Crippen molar-refractivity contribution in [3.8, 4) is 0 Å². The zero-order chi connectivity index (χ0) is 16.8. The van der Waals surface area contributed by atoms with Crippen LogP contribution in [0.15, 0.2) is 24.3 Å². The lowest BCUT2D eigenvalue weighted by Crippen LogP contribution is -2.40. The second-order valence-electron chi connectivity index (χ2n) is 6.63. The van der Waals surface area contributed by atoms with E-state index in [1.807, 2.05) is 43.0 Å². The Balaban J connectivity index is 1.85. The first-order valence-electron chi connectivity index (χ1n) is 8.28. The molecule has 0 spiro atoms. The van der Waals surface area contributed by atoms with Crippen molar-refractivity contribution in [2.24, 2.45) is 5.92 Å². The lowest BCUT2D eigenvalue weighted by atomic mass is 10.1. The SMILES string of the molecule is CC(C)CC(=O)Nc1ccc(CC(=O)N2CCC(O)CC2)cc1. The predicted octanol–water partition coefficient (Wildman–Crippen LogP) is 2.20. The van der Waals surface area contributed by atoms with Crippen LogP contribution in [0.25, 0.3) is 0 Å². The average molecular weight is 318 g/mol. The second kappa shape index (κ2) is 8.11. The molecule has 23 heavy (non-hydrogen) atoms. The van der Waals surface area contributed by atoms with Crippen LogP contribution in [0.1, 0.15) is 38.7 Å². The monoisotopic (exact) mass is 318 g/mol. The summed E-state index contributed by atoms with van der Waals surface area (Å²) in [5.74, 6) is 0.430. The third-order valence-corrected chi connectivity index (χ3v) is 4.00. The van der Waals surface area contributed by atoms with E-state index in [0.29, 0.717) is 44.7 Å². The van der Waals surface area contributed by atoms with Crippen LogP contribution in [-0.2, 0) is 16.0 Å². The van der Waals surface area contributed by atoms with Crippen molar-refractivity contribution in [3.05, 3.63) is 29.8 Å². The number of anilines is 1. The molecular weight excluding hydrogens is 292 g/mol. The first kappa shape index (κ1) is 17.5. The number of amides is 2. The van der Waals surface area contributed by atoms with Gasteiger partial charge < -0.3 is 15.3 Å². The Hall–Kier alpha value is -1.88. The molecule has 0 aliphatic carbocycles. The number of nitrogens with zero attached hydrogens (tertiary/aromatic N) is 1. The summed E-state index contributed by atoms with van der Waals surface area (Å²) in [6.45, 7) is 5.27. The van der Waals surface area contributed by atoms with Gasteiger partial charge in [0, 0.05) is 25.2 Å². The van der Waals surface area contributed by atoms with E-state index in [1.54, 1.807) is 0 Å². The lowest BCUT2D eigenvalue weighted by Gasteiger charge is -2.29. The van der Waals surface area contributed by atoms with Gasteiger partial charge in [0.1, 0.15) is 0 Å². The molecule has 1 aliphatic rings. The van der Waals surface area contributed by atoms with E-state index in [2.05, 4.69) is 5.32 Å². The number of hydrogen-bond donors (Lipinski definition) is 2. The molecule has 2 rings (SSSR count). The molecule has 1 aromatic rings. The van der Waals surface area contributed by atoms with E-state index in [9.17, 15) is 14.7 Å². The van der Waals surface area contributed by atoms with E-state index >= 15 is 0 Å². The molecule has 0 radical (unpaired) electrons. The smallest absolute Gasteiger partial charge is 0.226 e. The van der Waals surface area contributed by atoms with Gasteiger partial charge in [0.2, 0.25) is 11.8 Å². The zero-order valence-electron chi connectivity index (χ0n) is 13.9. The van der Waals surface area contributed by atoms with Crippen molar-refractivity contribution in [3.63, 3.8) is 0 Å². The Morgan fingerprint density at radius 2 is 1.83 bits per heavy atom. The fourth-order valence-corrected chi connectivity index (χ4v) is 2.69. The summed E-state index contributed by atoms with van der Waals surface area (Å²) in [6, 6.07) is 7.42. The highest BCUT2D eigenvalue weighted by molar-refractivity contribution is 5.90. The molecule has 1 aromatic carbocycles. The van der Waals surface area contributed by atoms with Crippen LogP contribution in [0.3, 0.4) is 0 Å². The van der Waals surface area contributed by atoms with Gasteiger partial charge >= 0.3 is 0 Å². The molecule has 126 valence electrons. The number of carbonyl (C=O) groups is 2. The third-order valence-electron chi connectivity index (χ3n) is 4.00. The van der Waals surface area contributed by atoms with Gasteiger partial charge in [-0.25, -0.2) is 0 Å². The lowest BCUT2D eigenvalue weighted by molar-refractivity contribution is -0.132. The molecule has 5 heteroatoms. The van der Waals surface area contributed by atoms with Crippen molar-refractivity contribution in [2.45, 2.75) is 45.6 Å². The van der Waals surface area contributed by atoms with Gasteiger partial charge in [0.15, 0.2) is 0 Å². The summed E-state index contributed by atoms with van der Waals surface area (Å²) in [5, 5.41) is 12.3. The average Bonchev–Trinajstić information content (AvgIpc) is 2.49. The molecule has 1 aliphatic heterocycles. The van der Waals surface area contributed by atoms with Crippen molar-refractivity contribution >= 4 is 17.5 Å². The van der Waals surface area contributed by atoms with Crippen molar-refractivity contribution in [1.29, 1.82) is 0 Å². The molecule has 5 nitrogen and oxygen atoms in total. The number of carbonyl (C=O) groups excluding carboxylic acids is 2. The Kier molecular flexibility index (Phi) is 6.16. The number of likely N-dealkylation sites (tertiary alicyclic amines) is 1. The maximum Gasteiger partial charge on any atom is 0.226 e. The maximum atomic E-state index is 12.2. The predicted molar refractivity (Wildman–Crippen MR) is 90.1 cm³/mol. The second-order valence-corrected chi connectivity index (χ2v) is 6.63. The Morgan fingerprint density at radius 3 is 2.39 bits per heavy atom. The summed E-state index contributed by atoms with van der Waals surface area (Å²) >= 11 is 0. The van der Waals surface area contributed by atoms with E-state index in [0.717, 1.165) is 11.3 Å². The molecule has 0 aromatic heterocycles. The van der Waals surface area contributed by atoms with Gasteiger partial charge in [-0.05, 0) is 36.5 Å². The largest absolute Gasteiger partial charge is 0.393 e. The number of piperidine rings is 1. The molecule has 1 heterocycles. The highest BCUT2D eigenvalue weighted by atomic mass is 16.3. The van der Waals surface area contributed by atoms with E-state index < -0.39 is 0 Å². The summed E-state index contributed by atoms with van der Waals surface area (Å²) in [6.07, 6.45) is 1.91. The third kappa shape index (κ3) is 5.67. The Morgan fingerprint density at radius 1 is 1.22 bits per heavy atom. The van der Waals surface area contributed by atoms with E-state index in [4.69, 9.17) is 0 Å². The van der Waals surface area contributed by atoms with Crippen LogP contribution in [-0.4, -0.2) is 41.0 Å². The molecule has 0 atom stereocenters. The molecule has 1 fully saturated rings. The van der Waals surface area contributed by atoms with Gasteiger partial charge in [-0.1, -0.05) is 26.0 Å². The fraction of sp³-hybridized carbons (Fsp3) is 0.556. The van der Waals surface area contributed by atoms with Crippen molar-refractivity contribution in [1.82, 2.24) is 4.90 Å². The molecule has 2 amide bonds. The van der Waals surface area contributed by atoms with Gasteiger partial charge in [-0.15, -0.1) is 0 Å². The number of aliphatic hydroxyl groups is 1. The van der Waals surface area contributed by atoms with Crippen LogP contribution in [0.4, 0.5) is 5.69 Å². The topological polar surface area (TPSA) is 69.6 Å². The molecule has 1 saturated heterocycles. The Bertz CT molecular complexity index is 532. The van der Waals surface area contributed by atoms with Crippen LogP contribution in [0.2, 0.25) is 0 Å². The van der Waals surface area contributed by atoms with E-state index in [1.165, 1.54) is 0 Å². The number of hydrogen-bond acceptors (Lipinski definition) is 3. The zero-order valence-corrected chi connectivity index (χ0v) is 13.9. The number of rotatable bonds is 5. The van der Waals surface area contributed by atoms with Crippen LogP contribution in [0.5, 0.6) is 0 Å². The molecule has 0 bridgehead atoms. The first-order valence-corrected chi connectivity index (χ1v) is 8.28. The van der Waals surface area contributed by atoms with Gasteiger partial charge in [0.25, 0.3) is 0 Å². The molecule has 2 N–H and O–H groups in total. The number of aliphatic hydroxyl groups excluding tert-OH is 1. The quantitative estimate of drug-likeness (QED) is 0.874. The number of nitrogens with one attached hydrogen (secondary N) is 1. The van der Waals surface area contributed by atoms with Gasteiger partial charge in [-0.2, -0.15) is 0 Å². The maximum absolute atomic E-state index is 12.2. The summed E-state index contributed by atoms with van der Waals surface area (Å²) in [5.41, 5.74) is 1.69. The minimum Gasteiger partial charge on any atom is -0.393 e. The van der Waals surface area contributed by atoms with Crippen LogP contribution < -0.4 is 5.32 Å².